The molecule has 7 heteroatoms. The molecule has 0 fully saturated rings. The molecule has 0 spiro atoms. The van der Waals surface area contributed by atoms with Gasteiger partial charge < -0.3 is 14.7 Å². The first-order valence-electron chi connectivity index (χ1n) is 9.26. The van der Waals surface area contributed by atoms with E-state index in [2.05, 4.69) is 0 Å². The summed E-state index contributed by atoms with van der Waals surface area (Å²) in [5.74, 6) is 0.134. The van der Waals surface area contributed by atoms with Gasteiger partial charge in [0.25, 0.3) is 0 Å². The summed E-state index contributed by atoms with van der Waals surface area (Å²) in [5.41, 5.74) is 1.42. The fourth-order valence-electron chi connectivity index (χ4n) is 3.13. The minimum atomic E-state index is -1.10. The summed E-state index contributed by atoms with van der Waals surface area (Å²) in [6.45, 7) is 7.15. The van der Waals surface area contributed by atoms with Crippen molar-refractivity contribution in [1.82, 2.24) is 9.80 Å². The second kappa shape index (κ2) is 8.76. The highest BCUT2D eigenvalue weighted by atomic mass is 16.5. The van der Waals surface area contributed by atoms with Crippen molar-refractivity contribution in [3.05, 3.63) is 35.0 Å². The Bertz CT molecular complexity index is 743. The van der Waals surface area contributed by atoms with Crippen LogP contribution in [0.5, 0.6) is 0 Å². The molecule has 0 radical (unpaired) electrons. The van der Waals surface area contributed by atoms with E-state index in [4.69, 9.17) is 4.74 Å². The summed E-state index contributed by atoms with van der Waals surface area (Å²) in [5, 5.41) is 18.9. The molecule has 27 heavy (non-hydrogen) atoms. The summed E-state index contributed by atoms with van der Waals surface area (Å²) in [7, 11) is 1.48. The number of ketones is 1. The SMILES string of the molecule is CCCCOC1=C(N(C)C(=O)O)N(CC(C)C)C=C2CC(=O)C(C#N)C=C21. The second-order valence-corrected chi connectivity index (χ2v) is 7.23. The van der Waals surface area contributed by atoms with Crippen LogP contribution in [0, 0.1) is 23.2 Å². The zero-order valence-corrected chi connectivity index (χ0v) is 16.4. The number of nitrogens with zero attached hydrogens (tertiary/aromatic N) is 3. The molecule has 1 unspecified atom stereocenters. The number of ether oxygens (including phenoxy) is 1. The quantitative estimate of drug-likeness (QED) is 0.687. The Morgan fingerprint density at radius 1 is 1.52 bits per heavy atom. The van der Waals surface area contributed by atoms with Gasteiger partial charge in [0, 0.05) is 31.8 Å². The van der Waals surface area contributed by atoms with Crippen molar-refractivity contribution < 1.29 is 19.4 Å². The van der Waals surface area contributed by atoms with Crippen LogP contribution in [0.25, 0.3) is 0 Å². The predicted octanol–water partition coefficient (Wildman–Crippen LogP) is 3.48. The number of carbonyl (C=O) groups excluding carboxylic acids is 1. The van der Waals surface area contributed by atoms with Gasteiger partial charge in [0.15, 0.2) is 17.4 Å². The van der Waals surface area contributed by atoms with Crippen molar-refractivity contribution in [2.75, 3.05) is 20.2 Å². The van der Waals surface area contributed by atoms with E-state index in [1.807, 2.05) is 37.9 Å². The van der Waals surface area contributed by atoms with E-state index in [1.54, 1.807) is 6.08 Å². The molecule has 0 saturated carbocycles. The van der Waals surface area contributed by atoms with Crippen LogP contribution in [-0.4, -0.2) is 47.0 Å². The van der Waals surface area contributed by atoms with Crippen molar-refractivity contribution in [1.29, 1.82) is 5.26 Å². The van der Waals surface area contributed by atoms with Gasteiger partial charge in [0.05, 0.1) is 12.7 Å². The number of carbonyl (C=O) groups is 2. The van der Waals surface area contributed by atoms with Gasteiger partial charge in [-0.15, -0.1) is 0 Å². The fraction of sp³-hybridized carbons (Fsp3) is 0.550. The topological polar surface area (TPSA) is 93.9 Å². The normalized spacial score (nSPS) is 19.3. The highest BCUT2D eigenvalue weighted by Gasteiger charge is 2.36. The maximum atomic E-state index is 12.2. The Labute approximate surface area is 160 Å². The average molecular weight is 373 g/mol. The smallest absolute Gasteiger partial charge is 0.412 e. The number of hydrogen-bond donors (Lipinski definition) is 1. The van der Waals surface area contributed by atoms with Crippen LogP contribution < -0.4 is 0 Å². The van der Waals surface area contributed by atoms with Crippen molar-refractivity contribution in [2.24, 2.45) is 11.8 Å². The summed E-state index contributed by atoms with van der Waals surface area (Å²) < 4.78 is 6.02. The maximum absolute atomic E-state index is 12.2. The van der Waals surface area contributed by atoms with Crippen LogP contribution in [0.3, 0.4) is 0 Å². The van der Waals surface area contributed by atoms with Crippen LogP contribution in [0.15, 0.2) is 35.0 Å². The van der Waals surface area contributed by atoms with E-state index >= 15 is 0 Å². The molecule has 0 aromatic carbocycles. The number of hydrogen-bond acceptors (Lipinski definition) is 5. The minimum absolute atomic E-state index is 0.142. The van der Waals surface area contributed by atoms with E-state index in [1.165, 1.54) is 7.05 Å². The van der Waals surface area contributed by atoms with Crippen LogP contribution >= 0.6 is 0 Å². The van der Waals surface area contributed by atoms with E-state index in [0.29, 0.717) is 30.3 Å². The third-order valence-electron chi connectivity index (χ3n) is 4.47. The number of amides is 1. The molecule has 1 N–H and O–H groups in total. The molecule has 1 aliphatic carbocycles. The van der Waals surface area contributed by atoms with Crippen LogP contribution in [0.4, 0.5) is 4.79 Å². The molecule has 2 aliphatic rings. The summed E-state index contributed by atoms with van der Waals surface area (Å²) >= 11 is 0. The summed E-state index contributed by atoms with van der Waals surface area (Å²) in [4.78, 5) is 26.9. The number of Topliss-reactive ketones (excluding diaryl/α,β-unsaturated/α-hetero) is 1. The lowest BCUT2D eigenvalue weighted by molar-refractivity contribution is -0.119. The number of allylic oxidation sites excluding steroid dienone is 2. The van der Waals surface area contributed by atoms with Gasteiger partial charge in [-0.25, -0.2) is 4.79 Å². The minimum Gasteiger partial charge on any atom is -0.489 e. The lowest BCUT2D eigenvalue weighted by Crippen LogP contribution is -2.40. The van der Waals surface area contributed by atoms with Gasteiger partial charge in [-0.3, -0.25) is 9.69 Å². The molecule has 0 bridgehead atoms. The zero-order valence-electron chi connectivity index (χ0n) is 16.4. The lowest BCUT2D eigenvalue weighted by Gasteiger charge is -2.38. The monoisotopic (exact) mass is 373 g/mol. The number of carboxylic acid groups (broad SMARTS) is 1. The molecule has 146 valence electrons. The number of unbranched alkanes of at least 4 members (excludes halogenated alkanes) is 1. The highest BCUT2D eigenvalue weighted by Crippen LogP contribution is 2.38. The number of rotatable bonds is 7. The van der Waals surface area contributed by atoms with Crippen molar-refractivity contribution in [3.63, 3.8) is 0 Å². The van der Waals surface area contributed by atoms with Crippen molar-refractivity contribution in [2.45, 2.75) is 40.0 Å². The van der Waals surface area contributed by atoms with E-state index < -0.39 is 12.0 Å². The van der Waals surface area contributed by atoms with Crippen molar-refractivity contribution in [3.8, 4) is 6.07 Å². The van der Waals surface area contributed by atoms with Crippen LogP contribution in [0.2, 0.25) is 0 Å². The summed E-state index contributed by atoms with van der Waals surface area (Å²) in [6, 6.07) is 2.01. The van der Waals surface area contributed by atoms with Gasteiger partial charge in [-0.05, 0) is 24.0 Å². The molecule has 0 saturated heterocycles. The fourth-order valence-corrected chi connectivity index (χ4v) is 3.13. The molecule has 7 nitrogen and oxygen atoms in total. The third kappa shape index (κ3) is 4.51. The molecular formula is C20H27N3O4. The first-order chi connectivity index (χ1) is 12.8. The molecule has 0 aromatic rings. The van der Waals surface area contributed by atoms with E-state index in [9.17, 15) is 20.0 Å². The first kappa shape index (κ1) is 20.6. The van der Waals surface area contributed by atoms with Gasteiger partial charge in [0.2, 0.25) is 0 Å². The van der Waals surface area contributed by atoms with Crippen molar-refractivity contribution >= 4 is 11.9 Å². The Balaban J connectivity index is 2.61. The molecule has 0 aromatic heterocycles. The van der Waals surface area contributed by atoms with Gasteiger partial charge >= 0.3 is 6.09 Å². The zero-order chi connectivity index (χ0) is 20.1. The molecule has 1 aliphatic heterocycles. The Hall–Kier alpha value is -2.75. The standard InChI is InChI=1S/C20H27N3O4/c1-5-6-7-27-18-16-8-14(10-21)17(24)9-15(16)12-23(11-13(2)3)19(18)22(4)20(25)26/h8,12-14H,5-7,9,11H2,1-4H3,(H,25,26). The Morgan fingerprint density at radius 3 is 2.78 bits per heavy atom. The molecule has 1 amide bonds. The van der Waals surface area contributed by atoms with E-state index in [0.717, 1.165) is 23.3 Å². The molecule has 1 heterocycles. The average Bonchev–Trinajstić information content (AvgIpc) is 2.60. The molecular weight excluding hydrogens is 346 g/mol. The Morgan fingerprint density at radius 2 is 2.22 bits per heavy atom. The van der Waals surface area contributed by atoms with Crippen LogP contribution in [-0.2, 0) is 9.53 Å². The lowest BCUT2D eigenvalue weighted by atomic mass is 9.84. The predicted molar refractivity (Wildman–Crippen MR) is 100 cm³/mol. The van der Waals surface area contributed by atoms with E-state index in [-0.39, 0.29) is 18.1 Å². The second-order valence-electron chi connectivity index (χ2n) is 7.23. The largest absolute Gasteiger partial charge is 0.489 e. The number of nitriles is 1. The maximum Gasteiger partial charge on any atom is 0.412 e. The summed E-state index contributed by atoms with van der Waals surface area (Å²) in [6.07, 6.45) is 4.22. The van der Waals surface area contributed by atoms with Gasteiger partial charge in [-0.1, -0.05) is 27.2 Å². The highest BCUT2D eigenvalue weighted by molar-refractivity contribution is 5.91. The van der Waals surface area contributed by atoms with Gasteiger partial charge in [-0.2, -0.15) is 5.26 Å². The van der Waals surface area contributed by atoms with Crippen LogP contribution in [0.1, 0.15) is 40.0 Å². The molecule has 2 rings (SSSR count). The van der Waals surface area contributed by atoms with Gasteiger partial charge in [0.1, 0.15) is 5.92 Å². The molecule has 1 atom stereocenters. The third-order valence-corrected chi connectivity index (χ3v) is 4.47. The number of fused-ring (bicyclic) bond motifs is 1. The first-order valence-corrected chi connectivity index (χ1v) is 9.26. The Kier molecular flexibility index (Phi) is 6.67.